The van der Waals surface area contributed by atoms with E-state index < -0.39 is 11.0 Å². The topological polar surface area (TPSA) is 108 Å². The average Bonchev–Trinajstić information content (AvgIpc) is 3.00. The first kappa shape index (κ1) is 17.6. The lowest BCUT2D eigenvalue weighted by molar-refractivity contribution is -0.389. The number of aromatic nitrogens is 4. The summed E-state index contributed by atoms with van der Waals surface area (Å²) in [5.74, 6) is -0.473. The zero-order chi connectivity index (χ0) is 18.0. The highest BCUT2D eigenvalue weighted by Gasteiger charge is 2.27. The number of rotatable bonds is 6. The Morgan fingerprint density at radius 3 is 2.50 bits per heavy atom. The van der Waals surface area contributed by atoms with Gasteiger partial charge in [0.2, 0.25) is 5.91 Å². The first-order valence-electron chi connectivity index (χ1n) is 7.73. The third-order valence-electron chi connectivity index (χ3n) is 4.18. The molecular formula is C15H22N6O3. The minimum absolute atomic E-state index is 0.221. The van der Waals surface area contributed by atoms with Gasteiger partial charge in [0.25, 0.3) is 0 Å². The van der Waals surface area contributed by atoms with Gasteiger partial charge >= 0.3 is 5.82 Å². The Kier molecular flexibility index (Phi) is 5.01. The number of hydrogen-bond donors (Lipinski definition) is 1. The molecule has 0 aliphatic heterocycles. The van der Waals surface area contributed by atoms with E-state index in [-0.39, 0.29) is 11.7 Å². The zero-order valence-corrected chi connectivity index (χ0v) is 14.5. The Labute approximate surface area is 139 Å². The van der Waals surface area contributed by atoms with Crippen LogP contribution in [-0.4, -0.2) is 30.4 Å². The number of aryl methyl sites for hydroxylation is 3. The third-order valence-corrected chi connectivity index (χ3v) is 4.18. The van der Waals surface area contributed by atoms with Gasteiger partial charge in [0, 0.05) is 24.8 Å². The molecule has 0 saturated heterocycles. The minimum Gasteiger partial charge on any atom is -0.358 e. The van der Waals surface area contributed by atoms with Crippen molar-refractivity contribution in [1.29, 1.82) is 0 Å². The predicted molar refractivity (Wildman–Crippen MR) is 87.5 cm³/mol. The predicted octanol–water partition coefficient (Wildman–Crippen LogP) is 1.72. The lowest BCUT2D eigenvalue weighted by Crippen LogP contribution is -2.33. The monoisotopic (exact) mass is 334 g/mol. The highest BCUT2D eigenvalue weighted by atomic mass is 16.6. The number of nitrogens with one attached hydrogen (secondary N) is 1. The number of carbonyl (C=O) groups is 1. The van der Waals surface area contributed by atoms with Gasteiger partial charge in [0.05, 0.1) is 22.6 Å². The second-order valence-electron chi connectivity index (χ2n) is 5.76. The van der Waals surface area contributed by atoms with Crippen molar-refractivity contribution in [3.8, 4) is 0 Å². The first-order valence-corrected chi connectivity index (χ1v) is 7.73. The number of carbonyl (C=O) groups excluding carboxylic acids is 1. The van der Waals surface area contributed by atoms with Crippen LogP contribution in [0.2, 0.25) is 0 Å². The van der Waals surface area contributed by atoms with Crippen molar-refractivity contribution in [3.63, 3.8) is 0 Å². The smallest absolute Gasteiger partial charge is 0.358 e. The number of amides is 1. The van der Waals surface area contributed by atoms with E-state index in [1.54, 1.807) is 11.6 Å². The SMILES string of the molecule is CCC(C(=O)NCc1c(C)nn(C)c1C)n1nc([N+](=O)[O-])cc1C. The van der Waals surface area contributed by atoms with E-state index in [2.05, 4.69) is 15.5 Å². The first-order chi connectivity index (χ1) is 11.3. The third kappa shape index (κ3) is 3.29. The van der Waals surface area contributed by atoms with Crippen LogP contribution in [0.1, 0.15) is 42.0 Å². The van der Waals surface area contributed by atoms with Crippen LogP contribution in [0.3, 0.4) is 0 Å². The van der Waals surface area contributed by atoms with Crippen molar-refractivity contribution in [2.45, 2.75) is 46.7 Å². The Hall–Kier alpha value is -2.71. The van der Waals surface area contributed by atoms with Crippen molar-refractivity contribution < 1.29 is 9.72 Å². The lowest BCUT2D eigenvalue weighted by atomic mass is 10.1. The maximum atomic E-state index is 12.5. The van der Waals surface area contributed by atoms with Crippen LogP contribution in [0, 0.1) is 30.9 Å². The van der Waals surface area contributed by atoms with Crippen LogP contribution in [0.25, 0.3) is 0 Å². The highest BCUT2D eigenvalue weighted by molar-refractivity contribution is 5.80. The Balaban J connectivity index is 2.16. The number of nitrogens with zero attached hydrogens (tertiary/aromatic N) is 5. The molecule has 2 heterocycles. The fourth-order valence-electron chi connectivity index (χ4n) is 2.71. The molecule has 0 aliphatic carbocycles. The van der Waals surface area contributed by atoms with E-state index in [0.29, 0.717) is 18.7 Å². The molecule has 1 amide bonds. The van der Waals surface area contributed by atoms with Gasteiger partial charge < -0.3 is 15.4 Å². The summed E-state index contributed by atoms with van der Waals surface area (Å²) < 4.78 is 3.19. The van der Waals surface area contributed by atoms with Crippen LogP contribution in [0.15, 0.2) is 6.07 Å². The molecule has 9 heteroatoms. The second kappa shape index (κ2) is 6.81. The fraction of sp³-hybridized carbons (Fsp3) is 0.533. The van der Waals surface area contributed by atoms with E-state index in [9.17, 15) is 14.9 Å². The normalized spacial score (nSPS) is 12.2. The molecule has 2 aromatic heterocycles. The van der Waals surface area contributed by atoms with E-state index in [1.165, 1.54) is 10.7 Å². The number of nitro groups is 1. The van der Waals surface area contributed by atoms with E-state index in [1.807, 2.05) is 27.8 Å². The molecule has 1 N–H and O–H groups in total. The van der Waals surface area contributed by atoms with Crippen LogP contribution in [0.4, 0.5) is 5.82 Å². The average molecular weight is 334 g/mol. The molecule has 0 radical (unpaired) electrons. The largest absolute Gasteiger partial charge is 0.390 e. The van der Waals surface area contributed by atoms with Crippen LogP contribution >= 0.6 is 0 Å². The summed E-state index contributed by atoms with van der Waals surface area (Å²) in [5, 5.41) is 22.0. The molecule has 2 aromatic rings. The van der Waals surface area contributed by atoms with Gasteiger partial charge in [-0.1, -0.05) is 6.92 Å². The van der Waals surface area contributed by atoms with Gasteiger partial charge in [-0.05, 0) is 32.1 Å². The molecule has 2 rings (SSSR count). The summed E-state index contributed by atoms with van der Waals surface area (Å²) in [4.78, 5) is 22.8. The summed E-state index contributed by atoms with van der Waals surface area (Å²) in [6.45, 7) is 7.75. The van der Waals surface area contributed by atoms with Gasteiger partial charge in [-0.25, -0.2) is 0 Å². The molecular weight excluding hydrogens is 312 g/mol. The summed E-state index contributed by atoms with van der Waals surface area (Å²) in [7, 11) is 1.86. The van der Waals surface area contributed by atoms with Crippen molar-refractivity contribution in [1.82, 2.24) is 24.9 Å². The maximum absolute atomic E-state index is 12.5. The van der Waals surface area contributed by atoms with E-state index >= 15 is 0 Å². The van der Waals surface area contributed by atoms with Crippen molar-refractivity contribution in [2.75, 3.05) is 0 Å². The molecule has 1 unspecified atom stereocenters. The second-order valence-corrected chi connectivity index (χ2v) is 5.76. The van der Waals surface area contributed by atoms with Crippen LogP contribution < -0.4 is 5.32 Å². The van der Waals surface area contributed by atoms with Gasteiger partial charge in [-0.2, -0.15) is 9.78 Å². The van der Waals surface area contributed by atoms with Gasteiger partial charge in [-0.3, -0.25) is 9.48 Å². The molecule has 0 fully saturated rings. The van der Waals surface area contributed by atoms with E-state index in [4.69, 9.17) is 0 Å². The van der Waals surface area contributed by atoms with Gasteiger partial charge in [0.15, 0.2) is 6.04 Å². The molecule has 1 atom stereocenters. The quantitative estimate of drug-likeness (QED) is 0.639. The Morgan fingerprint density at radius 2 is 2.04 bits per heavy atom. The van der Waals surface area contributed by atoms with Crippen LogP contribution in [0.5, 0.6) is 0 Å². The zero-order valence-electron chi connectivity index (χ0n) is 14.5. The Morgan fingerprint density at radius 1 is 1.38 bits per heavy atom. The lowest BCUT2D eigenvalue weighted by Gasteiger charge is -2.14. The molecule has 24 heavy (non-hydrogen) atoms. The van der Waals surface area contributed by atoms with Gasteiger partial charge in [-0.15, -0.1) is 0 Å². The summed E-state index contributed by atoms with van der Waals surface area (Å²) in [6, 6.07) is 0.779. The van der Waals surface area contributed by atoms with E-state index in [0.717, 1.165) is 17.0 Å². The molecule has 0 bridgehead atoms. The summed E-state index contributed by atoms with van der Waals surface area (Å²) in [5.41, 5.74) is 3.42. The van der Waals surface area contributed by atoms with Crippen molar-refractivity contribution in [3.05, 3.63) is 38.8 Å². The van der Waals surface area contributed by atoms with Crippen LogP contribution in [-0.2, 0) is 18.4 Å². The standard InChI is InChI=1S/C15H22N6O3/c1-6-13(20-9(2)7-14(18-20)21(23)24)15(22)16-8-12-10(3)17-19(5)11(12)4/h7,13H,6,8H2,1-5H3,(H,16,22). The fourth-order valence-corrected chi connectivity index (χ4v) is 2.71. The minimum atomic E-state index is -0.587. The molecule has 0 saturated carbocycles. The molecule has 0 spiro atoms. The maximum Gasteiger partial charge on any atom is 0.390 e. The highest BCUT2D eigenvalue weighted by Crippen LogP contribution is 2.19. The molecule has 0 aromatic carbocycles. The summed E-state index contributed by atoms with van der Waals surface area (Å²) in [6.07, 6.45) is 0.483. The Bertz CT molecular complexity index is 777. The van der Waals surface area contributed by atoms with Gasteiger partial charge in [0.1, 0.15) is 0 Å². The van der Waals surface area contributed by atoms with Crippen molar-refractivity contribution >= 4 is 11.7 Å². The molecule has 9 nitrogen and oxygen atoms in total. The van der Waals surface area contributed by atoms with Crippen molar-refractivity contribution in [2.24, 2.45) is 7.05 Å². The summed E-state index contributed by atoms with van der Waals surface area (Å²) >= 11 is 0. The number of hydrogen-bond acceptors (Lipinski definition) is 5. The molecule has 0 aliphatic rings. The molecule has 130 valence electrons.